The Labute approximate surface area is 132 Å². The molecule has 7 nitrogen and oxygen atoms in total. The van der Waals surface area contributed by atoms with Crippen LogP contribution in [0.5, 0.6) is 0 Å². The summed E-state index contributed by atoms with van der Waals surface area (Å²) in [6.45, 7) is 3.73. The maximum atomic E-state index is 12.2. The monoisotopic (exact) mass is 336 g/mol. The van der Waals surface area contributed by atoms with E-state index in [1.54, 1.807) is 6.92 Å². The lowest BCUT2D eigenvalue weighted by atomic mass is 10.1. The minimum atomic E-state index is -4.32. The van der Waals surface area contributed by atoms with Crippen molar-refractivity contribution in [1.29, 1.82) is 0 Å². The fraction of sp³-hybridized carbons (Fsp3) is 0.929. The highest BCUT2D eigenvalue weighted by Crippen LogP contribution is 2.39. The molecular weight excluding hydrogens is 309 g/mol. The molecule has 22 heavy (non-hydrogen) atoms. The summed E-state index contributed by atoms with van der Waals surface area (Å²) in [5, 5.41) is 9.73. The first kappa shape index (κ1) is 19.6. The number of carbonyl (C=O) groups is 1. The van der Waals surface area contributed by atoms with Crippen molar-refractivity contribution in [2.24, 2.45) is 0 Å². The van der Waals surface area contributed by atoms with Gasteiger partial charge >= 0.3 is 0 Å². The molecule has 1 fully saturated rings. The van der Waals surface area contributed by atoms with Crippen molar-refractivity contribution in [2.75, 3.05) is 19.8 Å². The van der Waals surface area contributed by atoms with E-state index in [1.165, 1.54) is 4.90 Å². The Hall–Kier alpha value is -0.460. The summed E-state index contributed by atoms with van der Waals surface area (Å²) in [7, 11) is -4.32. The number of nitrogens with zero attached hydrogens (tertiary/aromatic N) is 1. The molecule has 8 heteroatoms. The third kappa shape index (κ3) is 6.75. The van der Waals surface area contributed by atoms with E-state index in [-0.39, 0.29) is 25.7 Å². The molecule has 0 radical (unpaired) electrons. The Bertz CT molecular complexity index is 392. The van der Waals surface area contributed by atoms with E-state index in [4.69, 9.17) is 4.52 Å². The van der Waals surface area contributed by atoms with Crippen LogP contribution in [-0.4, -0.2) is 47.8 Å². The minimum absolute atomic E-state index is 0.00808. The first-order valence-corrected chi connectivity index (χ1v) is 9.43. The van der Waals surface area contributed by atoms with Gasteiger partial charge in [-0.05, 0) is 19.8 Å². The third-order valence-corrected chi connectivity index (χ3v) is 4.71. The standard InChI is InChI=1S/C14H28NO6P/c1-3-5-6-7-8-14(17)15-10-13(16)9-12(15)11-21-22(18,19)20-4-2/h12-13,16H,3-11H2,1-2H3,(H,18,19)/p-1/t12-,13+/m0/s1. The van der Waals surface area contributed by atoms with E-state index in [9.17, 15) is 19.4 Å². The molecule has 0 saturated carbocycles. The quantitative estimate of drug-likeness (QED) is 0.479. The van der Waals surface area contributed by atoms with Gasteiger partial charge in [-0.2, -0.15) is 0 Å². The van der Waals surface area contributed by atoms with Crippen molar-refractivity contribution in [3.05, 3.63) is 0 Å². The van der Waals surface area contributed by atoms with Crippen LogP contribution in [-0.2, 0) is 18.4 Å². The van der Waals surface area contributed by atoms with Gasteiger partial charge in [-0.3, -0.25) is 9.36 Å². The van der Waals surface area contributed by atoms with Crippen molar-refractivity contribution < 1.29 is 28.4 Å². The predicted octanol–water partition coefficient (Wildman–Crippen LogP) is 1.44. The molecule has 1 saturated heterocycles. The van der Waals surface area contributed by atoms with Gasteiger partial charge in [0.1, 0.15) is 0 Å². The molecule has 1 N–H and O–H groups in total. The molecule has 3 atom stereocenters. The number of unbranched alkanes of at least 4 members (excludes halogenated alkanes) is 3. The summed E-state index contributed by atoms with van der Waals surface area (Å²) in [5.41, 5.74) is 0. The first-order chi connectivity index (χ1) is 10.4. The van der Waals surface area contributed by atoms with Crippen LogP contribution in [0.1, 0.15) is 52.4 Å². The van der Waals surface area contributed by atoms with Gasteiger partial charge in [0.25, 0.3) is 7.82 Å². The van der Waals surface area contributed by atoms with Crippen LogP contribution in [0.3, 0.4) is 0 Å². The zero-order valence-electron chi connectivity index (χ0n) is 13.4. The maximum absolute atomic E-state index is 12.2. The molecule has 0 aromatic carbocycles. The van der Waals surface area contributed by atoms with Crippen molar-refractivity contribution in [2.45, 2.75) is 64.5 Å². The molecule has 1 aliphatic rings. The van der Waals surface area contributed by atoms with E-state index in [2.05, 4.69) is 11.4 Å². The zero-order valence-corrected chi connectivity index (χ0v) is 14.3. The largest absolute Gasteiger partial charge is 0.756 e. The van der Waals surface area contributed by atoms with Crippen LogP contribution >= 0.6 is 7.82 Å². The number of amides is 1. The number of phosphoric ester groups is 1. The molecule has 0 spiro atoms. The number of hydrogen-bond acceptors (Lipinski definition) is 6. The lowest BCUT2D eigenvalue weighted by Crippen LogP contribution is -2.38. The van der Waals surface area contributed by atoms with Gasteiger partial charge in [0.15, 0.2) is 0 Å². The number of likely N-dealkylation sites (tertiary alicyclic amines) is 1. The highest BCUT2D eigenvalue weighted by Gasteiger charge is 2.34. The molecule has 1 aliphatic heterocycles. The second kappa shape index (κ2) is 9.63. The van der Waals surface area contributed by atoms with Gasteiger partial charge in [0, 0.05) is 13.0 Å². The highest BCUT2D eigenvalue weighted by molar-refractivity contribution is 7.45. The van der Waals surface area contributed by atoms with Gasteiger partial charge in [-0.1, -0.05) is 26.2 Å². The smallest absolute Gasteiger partial charge is 0.267 e. The number of carbonyl (C=O) groups excluding carboxylic acids is 1. The predicted molar refractivity (Wildman–Crippen MR) is 80.1 cm³/mol. The summed E-state index contributed by atoms with van der Waals surface area (Å²) in [6, 6.07) is -0.420. The molecule has 1 heterocycles. The fourth-order valence-electron chi connectivity index (χ4n) is 2.57. The molecule has 0 bridgehead atoms. The molecular formula is C14H27NO6P-. The molecule has 0 aromatic rings. The minimum Gasteiger partial charge on any atom is -0.756 e. The summed E-state index contributed by atoms with van der Waals surface area (Å²) < 4.78 is 20.7. The Morgan fingerprint density at radius 2 is 2.05 bits per heavy atom. The zero-order chi connectivity index (χ0) is 16.6. The summed E-state index contributed by atoms with van der Waals surface area (Å²) in [5.74, 6) is -0.0570. The molecule has 1 rings (SSSR count). The number of hydrogen-bond donors (Lipinski definition) is 1. The van der Waals surface area contributed by atoms with Crippen LogP contribution in [0.2, 0.25) is 0 Å². The number of aliphatic hydroxyl groups excluding tert-OH is 1. The van der Waals surface area contributed by atoms with Crippen LogP contribution in [0.25, 0.3) is 0 Å². The Morgan fingerprint density at radius 1 is 1.32 bits per heavy atom. The SMILES string of the molecule is CCCCCCC(=O)N1C[C@H](O)C[C@H]1COP(=O)([O-])OCC. The highest BCUT2D eigenvalue weighted by atomic mass is 31.2. The normalized spacial score (nSPS) is 24.5. The average molecular weight is 336 g/mol. The molecule has 0 aliphatic carbocycles. The van der Waals surface area contributed by atoms with Crippen LogP contribution in [0, 0.1) is 0 Å². The van der Waals surface area contributed by atoms with Gasteiger partial charge < -0.3 is 23.9 Å². The van der Waals surface area contributed by atoms with E-state index >= 15 is 0 Å². The van der Waals surface area contributed by atoms with E-state index in [0.717, 1.165) is 25.7 Å². The van der Waals surface area contributed by atoms with Crippen LogP contribution in [0.4, 0.5) is 0 Å². The van der Waals surface area contributed by atoms with E-state index in [0.29, 0.717) is 12.8 Å². The van der Waals surface area contributed by atoms with E-state index < -0.39 is 20.0 Å². The van der Waals surface area contributed by atoms with Crippen LogP contribution < -0.4 is 4.89 Å². The Morgan fingerprint density at radius 3 is 2.68 bits per heavy atom. The van der Waals surface area contributed by atoms with Gasteiger partial charge in [0.2, 0.25) is 5.91 Å². The topological polar surface area (TPSA) is 99.1 Å². The lowest BCUT2D eigenvalue weighted by Gasteiger charge is -2.28. The fourth-order valence-corrected chi connectivity index (χ4v) is 3.32. The molecule has 130 valence electrons. The molecule has 0 aromatic heterocycles. The van der Waals surface area contributed by atoms with Gasteiger partial charge in [-0.25, -0.2) is 0 Å². The lowest BCUT2D eigenvalue weighted by molar-refractivity contribution is -0.226. The number of β-amino-alcohol motifs (C(OH)–C–C–N with tert-alkyl or cyclic N) is 1. The molecule has 1 amide bonds. The first-order valence-electron chi connectivity index (χ1n) is 7.97. The second-order valence-corrected chi connectivity index (χ2v) is 6.97. The summed E-state index contributed by atoms with van der Waals surface area (Å²) in [4.78, 5) is 25.1. The van der Waals surface area contributed by atoms with Crippen LogP contribution in [0.15, 0.2) is 0 Å². The van der Waals surface area contributed by atoms with Crippen molar-refractivity contribution in [3.63, 3.8) is 0 Å². The maximum Gasteiger partial charge on any atom is 0.267 e. The Kier molecular flexibility index (Phi) is 8.57. The number of aliphatic hydroxyl groups is 1. The Balaban J connectivity index is 2.46. The molecule has 1 unspecified atom stereocenters. The van der Waals surface area contributed by atoms with Crippen molar-refractivity contribution in [3.8, 4) is 0 Å². The summed E-state index contributed by atoms with van der Waals surface area (Å²) in [6.07, 6.45) is 4.12. The van der Waals surface area contributed by atoms with E-state index in [1.807, 2.05) is 0 Å². The second-order valence-electron chi connectivity index (χ2n) is 5.56. The average Bonchev–Trinajstić information content (AvgIpc) is 2.82. The summed E-state index contributed by atoms with van der Waals surface area (Å²) >= 11 is 0. The van der Waals surface area contributed by atoms with Gasteiger partial charge in [-0.15, -0.1) is 0 Å². The number of phosphoric acid groups is 1. The van der Waals surface area contributed by atoms with Crippen molar-refractivity contribution >= 4 is 13.7 Å². The number of rotatable bonds is 10. The van der Waals surface area contributed by atoms with Crippen molar-refractivity contribution in [1.82, 2.24) is 4.90 Å². The van der Waals surface area contributed by atoms with Gasteiger partial charge in [0.05, 0.1) is 25.4 Å². The third-order valence-electron chi connectivity index (χ3n) is 3.67.